The molecule has 1 fully saturated rings. The summed E-state index contributed by atoms with van der Waals surface area (Å²) < 4.78 is 9.51. The predicted octanol–water partition coefficient (Wildman–Crippen LogP) is 0.112. The first kappa shape index (κ1) is 17.3. The van der Waals surface area contributed by atoms with Gasteiger partial charge in [-0.2, -0.15) is 0 Å². The summed E-state index contributed by atoms with van der Waals surface area (Å²) in [5.41, 5.74) is 0. The van der Waals surface area contributed by atoms with Crippen molar-refractivity contribution in [1.29, 1.82) is 0 Å². The van der Waals surface area contributed by atoms with Crippen molar-refractivity contribution in [2.24, 2.45) is 22.7 Å². The van der Waals surface area contributed by atoms with Crippen LogP contribution in [0.3, 0.4) is 0 Å². The number of likely N-dealkylation sites (tertiary alicyclic amines) is 1. The van der Waals surface area contributed by atoms with E-state index in [9.17, 15) is 9.59 Å². The highest BCUT2D eigenvalue weighted by atomic mass is 16.5. The first-order valence-electron chi connectivity index (χ1n) is 7.05. The van der Waals surface area contributed by atoms with Crippen LogP contribution in [0, 0.1) is 17.8 Å². The van der Waals surface area contributed by atoms with E-state index in [0.717, 1.165) is 6.54 Å². The molecule has 1 aliphatic rings. The van der Waals surface area contributed by atoms with Crippen molar-refractivity contribution in [3.63, 3.8) is 0 Å². The molecule has 7 heteroatoms. The van der Waals surface area contributed by atoms with E-state index in [2.05, 4.69) is 15.0 Å². The van der Waals surface area contributed by atoms with E-state index in [1.807, 2.05) is 11.8 Å². The van der Waals surface area contributed by atoms with E-state index in [0.29, 0.717) is 19.0 Å². The predicted molar refractivity (Wildman–Crippen MR) is 78.8 cm³/mol. The molecular formula is C14H25N3O4. The molecule has 1 saturated heterocycles. The van der Waals surface area contributed by atoms with Crippen molar-refractivity contribution in [3.8, 4) is 0 Å². The number of rotatable bonds is 4. The maximum atomic E-state index is 11.7. The fourth-order valence-electron chi connectivity index (χ4n) is 2.46. The van der Waals surface area contributed by atoms with Crippen molar-refractivity contribution in [2.75, 3.05) is 40.9 Å². The molecule has 0 aromatic rings. The molecule has 0 aliphatic carbocycles. The number of esters is 2. The van der Waals surface area contributed by atoms with E-state index in [1.54, 1.807) is 14.0 Å². The average molecular weight is 299 g/mol. The van der Waals surface area contributed by atoms with Gasteiger partial charge in [0.25, 0.3) is 0 Å². The second-order valence-electron chi connectivity index (χ2n) is 5.36. The van der Waals surface area contributed by atoms with Crippen molar-refractivity contribution in [1.82, 2.24) is 10.2 Å². The molecule has 1 aliphatic heterocycles. The van der Waals surface area contributed by atoms with Gasteiger partial charge in [0.2, 0.25) is 0 Å². The molecule has 3 atom stereocenters. The Hall–Kier alpha value is -1.79. The fourth-order valence-corrected chi connectivity index (χ4v) is 2.46. The van der Waals surface area contributed by atoms with E-state index in [-0.39, 0.29) is 29.7 Å². The Morgan fingerprint density at radius 2 is 2.00 bits per heavy atom. The Morgan fingerprint density at radius 1 is 1.33 bits per heavy atom. The largest absolute Gasteiger partial charge is 0.469 e. The Morgan fingerprint density at radius 3 is 2.52 bits per heavy atom. The number of hydrogen-bond acceptors (Lipinski definition) is 5. The van der Waals surface area contributed by atoms with Crippen LogP contribution in [0.4, 0.5) is 0 Å². The zero-order valence-corrected chi connectivity index (χ0v) is 13.4. The molecule has 0 saturated carbocycles. The third-order valence-corrected chi connectivity index (χ3v) is 3.80. The minimum absolute atomic E-state index is 0.147. The van der Waals surface area contributed by atoms with Gasteiger partial charge in [-0.3, -0.25) is 14.6 Å². The molecule has 0 aromatic carbocycles. The van der Waals surface area contributed by atoms with Crippen LogP contribution in [0.5, 0.6) is 0 Å². The number of hydrogen-bond donors (Lipinski definition) is 1. The first-order chi connectivity index (χ1) is 9.94. The number of nitrogens with zero attached hydrogens (tertiary/aromatic N) is 2. The van der Waals surface area contributed by atoms with Gasteiger partial charge in [0.05, 0.1) is 26.1 Å². The number of ether oxygens (including phenoxy) is 2. The van der Waals surface area contributed by atoms with Gasteiger partial charge in [0, 0.05) is 26.7 Å². The Bertz CT molecular complexity index is 411. The Balaban J connectivity index is 2.59. The van der Waals surface area contributed by atoms with Gasteiger partial charge in [-0.1, -0.05) is 13.8 Å². The average Bonchev–Trinajstić information content (AvgIpc) is 2.87. The third-order valence-electron chi connectivity index (χ3n) is 3.80. The van der Waals surface area contributed by atoms with Crippen molar-refractivity contribution >= 4 is 17.9 Å². The smallest absolute Gasteiger partial charge is 0.310 e. The van der Waals surface area contributed by atoms with E-state index in [4.69, 9.17) is 4.74 Å². The van der Waals surface area contributed by atoms with Crippen molar-refractivity contribution < 1.29 is 19.1 Å². The summed E-state index contributed by atoms with van der Waals surface area (Å²) in [5.74, 6) is 0.0244. The van der Waals surface area contributed by atoms with Gasteiger partial charge in [0.15, 0.2) is 5.96 Å². The van der Waals surface area contributed by atoms with Crippen LogP contribution in [0.1, 0.15) is 13.8 Å². The summed E-state index contributed by atoms with van der Waals surface area (Å²) in [7, 11) is 4.46. The number of carbonyl (C=O) groups excluding carboxylic acids is 2. The summed E-state index contributed by atoms with van der Waals surface area (Å²) in [4.78, 5) is 29.3. The van der Waals surface area contributed by atoms with Crippen LogP contribution in [0.2, 0.25) is 0 Å². The molecule has 0 bridgehead atoms. The van der Waals surface area contributed by atoms with Gasteiger partial charge >= 0.3 is 11.9 Å². The maximum Gasteiger partial charge on any atom is 0.310 e. The Labute approximate surface area is 125 Å². The number of guanidine groups is 1. The zero-order valence-electron chi connectivity index (χ0n) is 13.4. The highest BCUT2D eigenvalue weighted by molar-refractivity contribution is 5.82. The first-order valence-corrected chi connectivity index (χ1v) is 7.05. The lowest BCUT2D eigenvalue weighted by Gasteiger charge is -2.22. The molecule has 0 spiro atoms. The second-order valence-corrected chi connectivity index (χ2v) is 5.36. The van der Waals surface area contributed by atoms with Gasteiger partial charge in [0.1, 0.15) is 0 Å². The number of methoxy groups -OCH3 is 2. The number of carbonyl (C=O) groups is 2. The molecule has 0 aromatic heterocycles. The van der Waals surface area contributed by atoms with Gasteiger partial charge in [-0.25, -0.2) is 0 Å². The maximum absolute atomic E-state index is 11.7. The summed E-state index contributed by atoms with van der Waals surface area (Å²) >= 11 is 0. The SMILES string of the molecule is CN=C(NCC(C)C(=O)OC)N1CC(C)C(C(=O)OC)C1. The highest BCUT2D eigenvalue weighted by Gasteiger charge is 2.36. The van der Waals surface area contributed by atoms with Crippen LogP contribution in [0.25, 0.3) is 0 Å². The molecule has 0 radical (unpaired) electrons. The fraction of sp³-hybridized carbons (Fsp3) is 0.786. The molecular weight excluding hydrogens is 274 g/mol. The number of nitrogens with one attached hydrogen (secondary N) is 1. The monoisotopic (exact) mass is 299 g/mol. The van der Waals surface area contributed by atoms with E-state index in [1.165, 1.54) is 14.2 Å². The van der Waals surface area contributed by atoms with Crippen LogP contribution in [0.15, 0.2) is 4.99 Å². The second kappa shape index (κ2) is 7.85. The number of aliphatic imine (C=N–C) groups is 1. The van der Waals surface area contributed by atoms with E-state index >= 15 is 0 Å². The molecule has 7 nitrogen and oxygen atoms in total. The lowest BCUT2D eigenvalue weighted by molar-refractivity contribution is -0.146. The van der Waals surface area contributed by atoms with Gasteiger partial charge < -0.3 is 19.7 Å². The quantitative estimate of drug-likeness (QED) is 0.451. The van der Waals surface area contributed by atoms with Gasteiger partial charge in [-0.15, -0.1) is 0 Å². The minimum atomic E-state index is -0.264. The topological polar surface area (TPSA) is 80.2 Å². The lowest BCUT2D eigenvalue weighted by atomic mass is 9.99. The molecule has 1 heterocycles. The standard InChI is InChI=1S/C14H25N3O4/c1-9(12(18)20-4)6-16-14(15-3)17-7-10(2)11(8-17)13(19)21-5/h9-11H,6-8H2,1-5H3,(H,15,16). The van der Waals surface area contributed by atoms with E-state index < -0.39 is 0 Å². The third kappa shape index (κ3) is 4.34. The molecule has 3 unspecified atom stereocenters. The van der Waals surface area contributed by atoms with Crippen LogP contribution in [-0.2, 0) is 19.1 Å². The molecule has 0 amide bonds. The minimum Gasteiger partial charge on any atom is -0.469 e. The molecule has 120 valence electrons. The summed E-state index contributed by atoms with van der Waals surface area (Å²) in [6.45, 7) is 5.54. The highest BCUT2D eigenvalue weighted by Crippen LogP contribution is 2.24. The van der Waals surface area contributed by atoms with Gasteiger partial charge in [-0.05, 0) is 5.92 Å². The lowest BCUT2D eigenvalue weighted by Crippen LogP contribution is -2.43. The summed E-state index contributed by atoms with van der Waals surface area (Å²) in [5, 5.41) is 3.15. The molecule has 1 N–H and O–H groups in total. The van der Waals surface area contributed by atoms with Crippen LogP contribution in [-0.4, -0.2) is 63.7 Å². The molecule has 21 heavy (non-hydrogen) atoms. The van der Waals surface area contributed by atoms with Crippen molar-refractivity contribution in [3.05, 3.63) is 0 Å². The van der Waals surface area contributed by atoms with Crippen LogP contribution < -0.4 is 5.32 Å². The van der Waals surface area contributed by atoms with Crippen molar-refractivity contribution in [2.45, 2.75) is 13.8 Å². The van der Waals surface area contributed by atoms with Crippen LogP contribution >= 0.6 is 0 Å². The summed E-state index contributed by atoms with van der Waals surface area (Å²) in [6.07, 6.45) is 0. The normalized spacial score (nSPS) is 23.7. The Kier molecular flexibility index (Phi) is 6.45. The summed E-state index contributed by atoms with van der Waals surface area (Å²) in [6, 6.07) is 0. The zero-order chi connectivity index (χ0) is 16.0. The molecule has 1 rings (SSSR count).